The Kier molecular flexibility index (Phi) is 4.48. The van der Waals surface area contributed by atoms with Crippen molar-refractivity contribution in [3.63, 3.8) is 0 Å². The van der Waals surface area contributed by atoms with E-state index in [-0.39, 0.29) is 18.0 Å². The Labute approximate surface area is 98.7 Å². The van der Waals surface area contributed by atoms with Gasteiger partial charge in [-0.1, -0.05) is 13.0 Å². The molecule has 0 aromatic heterocycles. The van der Waals surface area contributed by atoms with Crippen molar-refractivity contribution in [1.29, 1.82) is 0 Å². The van der Waals surface area contributed by atoms with Crippen molar-refractivity contribution < 1.29 is 13.6 Å². The molecule has 1 aliphatic rings. The summed E-state index contributed by atoms with van der Waals surface area (Å²) < 4.78 is 26.2. The maximum absolute atomic E-state index is 13.4. The van der Waals surface area contributed by atoms with Crippen LogP contribution in [0.15, 0.2) is 21.9 Å². The van der Waals surface area contributed by atoms with E-state index in [1.54, 1.807) is 19.9 Å². The number of alkyl halides is 1. The van der Waals surface area contributed by atoms with Crippen LogP contribution in [0.4, 0.5) is 8.78 Å². The summed E-state index contributed by atoms with van der Waals surface area (Å²) in [5, 5.41) is 4.77. The van der Waals surface area contributed by atoms with Crippen molar-refractivity contribution in [3.05, 3.63) is 11.8 Å². The Hall–Kier alpha value is -1.59. The summed E-state index contributed by atoms with van der Waals surface area (Å²) in [6, 6.07) is 0. The van der Waals surface area contributed by atoms with Gasteiger partial charge in [0.05, 0.1) is 5.70 Å². The number of carbonyl (C=O) groups excluding carboxylic acids is 1. The van der Waals surface area contributed by atoms with Gasteiger partial charge in [-0.15, -0.1) is 5.10 Å². The molecule has 0 fully saturated rings. The van der Waals surface area contributed by atoms with Gasteiger partial charge in [0, 0.05) is 6.42 Å². The number of ketones is 1. The van der Waals surface area contributed by atoms with Gasteiger partial charge in [0.2, 0.25) is 0 Å². The zero-order chi connectivity index (χ0) is 13.0. The predicted octanol–water partition coefficient (Wildman–Crippen LogP) is 2.22. The highest BCUT2D eigenvalue weighted by molar-refractivity contribution is 6.46. The van der Waals surface area contributed by atoms with Crippen LogP contribution in [0.1, 0.15) is 27.2 Å². The Morgan fingerprint density at radius 2 is 2.29 bits per heavy atom. The van der Waals surface area contributed by atoms with Gasteiger partial charge in [0.1, 0.15) is 12.3 Å². The number of carbonyl (C=O) groups is 1. The quantitative estimate of drug-likeness (QED) is 0.711. The fourth-order valence-corrected chi connectivity index (χ4v) is 1.42. The number of hydrazone groups is 1. The van der Waals surface area contributed by atoms with Gasteiger partial charge < -0.3 is 0 Å². The molecular weight excluding hydrogens is 228 g/mol. The lowest BCUT2D eigenvalue weighted by atomic mass is 10.2. The largest absolute Gasteiger partial charge is 0.298 e. The second-order valence-electron chi connectivity index (χ2n) is 3.57. The fraction of sp³-hybridized carbons (Fsp3) is 0.545. The Morgan fingerprint density at radius 3 is 2.76 bits per heavy atom. The maximum Gasteiger partial charge on any atom is 0.258 e. The highest BCUT2D eigenvalue weighted by atomic mass is 19.1. The number of hydrogen-bond donors (Lipinski definition) is 0. The first kappa shape index (κ1) is 13.5. The summed E-state index contributed by atoms with van der Waals surface area (Å²) in [5.41, 5.74) is 0.195. The second kappa shape index (κ2) is 5.65. The molecule has 0 amide bonds. The minimum absolute atomic E-state index is 0.0245. The number of hydrogen-bond acceptors (Lipinski definition) is 4. The van der Waals surface area contributed by atoms with Gasteiger partial charge in [0.15, 0.2) is 12.1 Å². The van der Waals surface area contributed by atoms with Crippen LogP contribution >= 0.6 is 0 Å². The molecule has 0 bridgehead atoms. The molecule has 6 heteroatoms. The molecule has 0 saturated heterocycles. The lowest BCUT2D eigenvalue weighted by Crippen LogP contribution is -2.23. The molecule has 0 aliphatic carbocycles. The topological polar surface area (TPSA) is 45.0 Å². The van der Waals surface area contributed by atoms with Crippen molar-refractivity contribution in [2.24, 2.45) is 10.1 Å². The van der Waals surface area contributed by atoms with Crippen molar-refractivity contribution >= 4 is 17.5 Å². The van der Waals surface area contributed by atoms with Crippen molar-refractivity contribution in [3.8, 4) is 0 Å². The SMILES string of the molecule is CC=C1C(=NC(C)F)C(F)=NN1CC(=O)CC. The molecule has 1 rings (SSSR count). The molecule has 1 atom stereocenters. The summed E-state index contributed by atoms with van der Waals surface area (Å²) in [7, 11) is 0. The molecule has 4 nitrogen and oxygen atoms in total. The molecule has 0 aromatic rings. The van der Waals surface area contributed by atoms with Crippen LogP contribution in [0.5, 0.6) is 0 Å². The molecule has 0 saturated carbocycles. The summed E-state index contributed by atoms with van der Waals surface area (Å²) in [4.78, 5) is 14.8. The first-order chi connectivity index (χ1) is 7.99. The van der Waals surface area contributed by atoms with Gasteiger partial charge >= 0.3 is 0 Å². The zero-order valence-electron chi connectivity index (χ0n) is 10.1. The number of allylic oxidation sites excluding steroid dienone is 2. The standard InChI is InChI=1S/C11H15F2N3O/c1-4-8(17)6-16-9(5-2)10(11(13)15-16)14-7(3)12/h5,7H,4,6H2,1-3H3. The minimum atomic E-state index is -1.51. The maximum atomic E-state index is 13.4. The van der Waals surface area contributed by atoms with Gasteiger partial charge in [-0.2, -0.15) is 4.39 Å². The summed E-state index contributed by atoms with van der Waals surface area (Å²) >= 11 is 0. The third-order valence-corrected chi connectivity index (χ3v) is 2.23. The molecule has 0 N–H and O–H groups in total. The third-order valence-electron chi connectivity index (χ3n) is 2.23. The average Bonchev–Trinajstić information content (AvgIpc) is 2.54. The van der Waals surface area contributed by atoms with E-state index in [4.69, 9.17) is 0 Å². The number of rotatable bonds is 4. The van der Waals surface area contributed by atoms with Crippen molar-refractivity contribution in [2.75, 3.05) is 6.54 Å². The van der Waals surface area contributed by atoms with Crippen LogP contribution < -0.4 is 0 Å². The smallest absolute Gasteiger partial charge is 0.258 e. The third kappa shape index (κ3) is 3.18. The van der Waals surface area contributed by atoms with Gasteiger partial charge in [-0.25, -0.2) is 9.38 Å². The predicted molar refractivity (Wildman–Crippen MR) is 62.3 cm³/mol. The molecule has 0 aromatic carbocycles. The van der Waals surface area contributed by atoms with E-state index in [0.29, 0.717) is 12.1 Å². The summed E-state index contributed by atoms with van der Waals surface area (Å²) in [6.07, 6.45) is 0.388. The molecule has 1 aliphatic heterocycles. The average molecular weight is 243 g/mol. The summed E-state index contributed by atoms with van der Waals surface area (Å²) in [5.74, 6) is -0.929. The number of Topliss-reactive ketones (excluding diaryl/α,β-unsaturated/α-hetero) is 1. The Bertz CT molecular complexity index is 400. The molecule has 0 spiro atoms. The molecule has 1 unspecified atom stereocenters. The zero-order valence-corrected chi connectivity index (χ0v) is 10.1. The molecule has 17 heavy (non-hydrogen) atoms. The first-order valence-electron chi connectivity index (χ1n) is 5.41. The van der Waals surface area contributed by atoms with Crippen LogP contribution in [0.2, 0.25) is 0 Å². The Balaban J connectivity index is 2.95. The minimum Gasteiger partial charge on any atom is -0.298 e. The number of aliphatic imine (C=N–C) groups is 1. The lowest BCUT2D eigenvalue weighted by Gasteiger charge is -2.14. The Morgan fingerprint density at radius 1 is 1.65 bits per heavy atom. The highest BCUT2D eigenvalue weighted by Gasteiger charge is 2.29. The monoisotopic (exact) mass is 243 g/mol. The van der Waals surface area contributed by atoms with Gasteiger partial charge in [-0.3, -0.25) is 9.80 Å². The van der Waals surface area contributed by atoms with E-state index >= 15 is 0 Å². The van der Waals surface area contributed by atoms with Crippen LogP contribution in [0.25, 0.3) is 0 Å². The molecule has 0 radical (unpaired) electrons. The van der Waals surface area contributed by atoms with Crippen LogP contribution in [0.3, 0.4) is 0 Å². The van der Waals surface area contributed by atoms with Crippen LogP contribution in [-0.4, -0.2) is 35.3 Å². The van der Waals surface area contributed by atoms with Crippen molar-refractivity contribution in [1.82, 2.24) is 5.01 Å². The normalized spacial score (nSPS) is 22.2. The first-order valence-corrected chi connectivity index (χ1v) is 5.41. The van der Waals surface area contributed by atoms with Gasteiger partial charge in [-0.05, 0) is 13.8 Å². The van der Waals surface area contributed by atoms with Crippen LogP contribution in [0, 0.1) is 0 Å². The van der Waals surface area contributed by atoms with E-state index in [9.17, 15) is 13.6 Å². The van der Waals surface area contributed by atoms with E-state index in [1.807, 2.05) is 0 Å². The molecular formula is C11H15F2N3O. The fourth-order valence-electron chi connectivity index (χ4n) is 1.42. The lowest BCUT2D eigenvalue weighted by molar-refractivity contribution is -0.119. The molecule has 94 valence electrons. The van der Waals surface area contributed by atoms with E-state index < -0.39 is 12.3 Å². The highest BCUT2D eigenvalue weighted by Crippen LogP contribution is 2.19. The van der Waals surface area contributed by atoms with Gasteiger partial charge in [0.25, 0.3) is 5.97 Å². The van der Waals surface area contributed by atoms with Crippen molar-refractivity contribution in [2.45, 2.75) is 33.5 Å². The number of halogens is 2. The summed E-state index contributed by atoms with van der Waals surface area (Å²) in [6.45, 7) is 4.55. The second-order valence-corrected chi connectivity index (χ2v) is 3.57. The van der Waals surface area contributed by atoms with E-state index in [0.717, 1.165) is 0 Å². The molecule has 1 heterocycles. The van der Waals surface area contributed by atoms with Crippen LogP contribution in [-0.2, 0) is 4.79 Å². The number of nitrogens with zero attached hydrogens (tertiary/aromatic N) is 3. The van der Waals surface area contributed by atoms with E-state index in [2.05, 4.69) is 10.1 Å². The van der Waals surface area contributed by atoms with E-state index in [1.165, 1.54) is 11.9 Å².